The second-order valence-electron chi connectivity index (χ2n) is 8.36. The summed E-state index contributed by atoms with van der Waals surface area (Å²) in [4.78, 5) is 15.8. The molecule has 4 heterocycles. The Balaban J connectivity index is 1.23. The van der Waals surface area contributed by atoms with Crippen LogP contribution in [0.5, 0.6) is 0 Å². The van der Waals surface area contributed by atoms with Crippen LogP contribution in [-0.2, 0) is 24.5 Å². The van der Waals surface area contributed by atoms with E-state index in [1.54, 1.807) is 23.0 Å². The molecule has 0 saturated carbocycles. The number of aliphatic hydroxyl groups is 2. The molecular formula is C21H25FN8O4. The second-order valence-corrected chi connectivity index (χ2v) is 8.36. The van der Waals surface area contributed by atoms with E-state index in [0.717, 1.165) is 12.8 Å². The number of ether oxygens (including phenoxy) is 1. The number of carbonyl (C=O) groups is 1. The normalized spacial score (nSPS) is 19.1. The molecule has 1 amide bonds. The van der Waals surface area contributed by atoms with Crippen LogP contribution in [0, 0.1) is 5.82 Å². The van der Waals surface area contributed by atoms with Gasteiger partial charge in [0.1, 0.15) is 11.9 Å². The molecule has 2 N–H and O–H groups in total. The first-order valence-corrected chi connectivity index (χ1v) is 11.1. The van der Waals surface area contributed by atoms with Gasteiger partial charge in [-0.3, -0.25) is 4.90 Å². The number of hydrogen-bond donors (Lipinski definition) is 2. The van der Waals surface area contributed by atoms with Gasteiger partial charge in [0, 0.05) is 13.1 Å². The molecule has 2 fully saturated rings. The number of anilines is 2. The number of nitrogens with zero attached hydrogens (tertiary/aromatic N) is 8. The molecule has 5 rings (SSSR count). The highest BCUT2D eigenvalue weighted by atomic mass is 19.1. The van der Waals surface area contributed by atoms with E-state index in [-0.39, 0.29) is 32.3 Å². The summed E-state index contributed by atoms with van der Waals surface area (Å²) in [5.74, 6) is -0.414. The van der Waals surface area contributed by atoms with E-state index < -0.39 is 18.0 Å². The van der Waals surface area contributed by atoms with Crippen LogP contribution in [0.15, 0.2) is 30.6 Å². The number of aromatic nitrogens is 6. The lowest BCUT2D eigenvalue weighted by Crippen LogP contribution is -2.36. The van der Waals surface area contributed by atoms with Crippen molar-refractivity contribution in [3.05, 3.63) is 47.8 Å². The van der Waals surface area contributed by atoms with Crippen molar-refractivity contribution in [3.63, 3.8) is 0 Å². The molecule has 1 atom stereocenters. The van der Waals surface area contributed by atoms with Crippen LogP contribution in [0.4, 0.5) is 20.6 Å². The highest BCUT2D eigenvalue weighted by Crippen LogP contribution is 2.32. The molecule has 0 bridgehead atoms. The minimum Gasteiger partial charge on any atom is -0.442 e. The zero-order valence-electron chi connectivity index (χ0n) is 18.4. The van der Waals surface area contributed by atoms with Crippen molar-refractivity contribution in [1.82, 2.24) is 30.0 Å². The van der Waals surface area contributed by atoms with E-state index in [0.29, 0.717) is 35.9 Å². The molecule has 13 heteroatoms. The smallest absolute Gasteiger partial charge is 0.414 e. The fourth-order valence-electron chi connectivity index (χ4n) is 4.53. The van der Waals surface area contributed by atoms with E-state index in [2.05, 4.69) is 20.6 Å². The Labute approximate surface area is 194 Å². The third-order valence-corrected chi connectivity index (χ3v) is 6.32. The lowest BCUT2D eigenvalue weighted by Gasteiger charge is -2.34. The minimum absolute atomic E-state index is 0.107. The van der Waals surface area contributed by atoms with Gasteiger partial charge in [-0.05, 0) is 31.0 Å². The number of cyclic esters (lactones) is 1. The zero-order chi connectivity index (χ0) is 23.7. The number of benzene rings is 1. The number of rotatable bonds is 7. The van der Waals surface area contributed by atoms with Gasteiger partial charge in [-0.15, -0.1) is 10.2 Å². The molecule has 34 heavy (non-hydrogen) atoms. The van der Waals surface area contributed by atoms with E-state index in [9.17, 15) is 15.0 Å². The Hall–Kier alpha value is -3.58. The third kappa shape index (κ3) is 4.19. The maximum atomic E-state index is 15.1. The zero-order valence-corrected chi connectivity index (χ0v) is 18.4. The molecule has 12 nitrogen and oxygen atoms in total. The van der Waals surface area contributed by atoms with Gasteiger partial charge in [-0.1, -0.05) is 10.4 Å². The molecular weight excluding hydrogens is 447 g/mol. The van der Waals surface area contributed by atoms with Crippen LogP contribution >= 0.6 is 0 Å². The van der Waals surface area contributed by atoms with Crippen LogP contribution in [0.1, 0.15) is 30.3 Å². The van der Waals surface area contributed by atoms with Gasteiger partial charge in [-0.2, -0.15) is 0 Å². The first kappa shape index (κ1) is 22.2. The predicted octanol–water partition coefficient (Wildman–Crippen LogP) is 0.860. The van der Waals surface area contributed by atoms with E-state index in [1.165, 1.54) is 21.8 Å². The first-order chi connectivity index (χ1) is 16.6. The summed E-state index contributed by atoms with van der Waals surface area (Å²) >= 11 is 0. The van der Waals surface area contributed by atoms with Gasteiger partial charge in [0.2, 0.25) is 0 Å². The summed E-state index contributed by atoms with van der Waals surface area (Å²) in [7, 11) is 0. The summed E-state index contributed by atoms with van der Waals surface area (Å²) in [5, 5.41) is 34.3. The summed E-state index contributed by atoms with van der Waals surface area (Å²) in [5.41, 5.74) is 2.08. The highest BCUT2D eigenvalue weighted by Gasteiger charge is 2.34. The summed E-state index contributed by atoms with van der Waals surface area (Å²) < 4.78 is 23.7. The Morgan fingerprint density at radius 3 is 2.53 bits per heavy atom. The number of piperidine rings is 1. The summed E-state index contributed by atoms with van der Waals surface area (Å²) in [6, 6.07) is 4.85. The first-order valence-electron chi connectivity index (χ1n) is 11.1. The Kier molecular flexibility index (Phi) is 6.11. The van der Waals surface area contributed by atoms with Crippen LogP contribution in [0.3, 0.4) is 0 Å². The molecule has 0 spiro atoms. The van der Waals surface area contributed by atoms with E-state index in [1.807, 2.05) is 4.90 Å². The van der Waals surface area contributed by atoms with Gasteiger partial charge in [0.05, 0.1) is 67.5 Å². The molecule has 3 aromatic rings. The molecule has 0 unspecified atom stereocenters. The predicted molar refractivity (Wildman–Crippen MR) is 116 cm³/mol. The van der Waals surface area contributed by atoms with Crippen molar-refractivity contribution in [3.8, 4) is 0 Å². The molecule has 0 radical (unpaired) electrons. The SMILES string of the molecule is O=C1O[C@@H](Cn2nncc2CO)CN1c1ccc(N2CCC(n3nncc3CO)CC2)c(F)c1. The van der Waals surface area contributed by atoms with E-state index >= 15 is 4.39 Å². The van der Waals surface area contributed by atoms with Crippen molar-refractivity contribution in [2.45, 2.75) is 44.7 Å². The fraction of sp³-hybridized carbons (Fsp3) is 0.476. The van der Waals surface area contributed by atoms with Gasteiger partial charge >= 0.3 is 6.09 Å². The van der Waals surface area contributed by atoms with Gasteiger partial charge in [0.25, 0.3) is 0 Å². The topological polar surface area (TPSA) is 135 Å². The average molecular weight is 472 g/mol. The maximum Gasteiger partial charge on any atom is 0.414 e. The van der Waals surface area contributed by atoms with Crippen molar-refractivity contribution < 1.29 is 24.1 Å². The largest absolute Gasteiger partial charge is 0.442 e. The maximum absolute atomic E-state index is 15.1. The standard InChI is InChI=1S/C21H25FN8O4/c22-19-7-15(28-10-18(34-21(28)33)11-29-16(12-31)8-23-25-29)1-2-20(19)27-5-3-14(4-6-27)30-17(13-32)9-24-26-30/h1-2,7-9,14,18,31-32H,3-6,10-13H2/t18-/m1/s1. The van der Waals surface area contributed by atoms with Crippen LogP contribution < -0.4 is 9.80 Å². The molecule has 2 saturated heterocycles. The van der Waals surface area contributed by atoms with Crippen LogP contribution in [0.2, 0.25) is 0 Å². The number of hydrogen-bond acceptors (Lipinski definition) is 9. The number of amides is 1. The molecule has 2 aromatic heterocycles. The fourth-order valence-corrected chi connectivity index (χ4v) is 4.53. The minimum atomic E-state index is -0.559. The molecule has 0 aliphatic carbocycles. The molecule has 1 aromatic carbocycles. The summed E-state index contributed by atoms with van der Waals surface area (Å²) in [6.07, 6.45) is 3.43. The monoisotopic (exact) mass is 472 g/mol. The summed E-state index contributed by atoms with van der Waals surface area (Å²) in [6.45, 7) is 1.40. The van der Waals surface area contributed by atoms with Gasteiger partial charge in [0.15, 0.2) is 0 Å². The Bertz CT molecular complexity index is 1160. The van der Waals surface area contributed by atoms with Crippen LogP contribution in [0.25, 0.3) is 0 Å². The Morgan fingerprint density at radius 1 is 1.06 bits per heavy atom. The number of aliphatic hydroxyl groups excluding tert-OH is 2. The average Bonchev–Trinajstić information content (AvgIpc) is 3.59. The highest BCUT2D eigenvalue weighted by molar-refractivity contribution is 5.90. The second kappa shape index (κ2) is 9.35. The van der Waals surface area contributed by atoms with E-state index in [4.69, 9.17) is 4.74 Å². The van der Waals surface area contributed by atoms with Gasteiger partial charge < -0.3 is 19.8 Å². The van der Waals surface area contributed by atoms with Gasteiger partial charge in [-0.25, -0.2) is 18.5 Å². The quantitative estimate of drug-likeness (QED) is 0.513. The van der Waals surface area contributed by atoms with Crippen molar-refractivity contribution >= 4 is 17.5 Å². The third-order valence-electron chi connectivity index (χ3n) is 6.32. The van der Waals surface area contributed by atoms with Crippen LogP contribution in [-0.4, -0.2) is 72.0 Å². The van der Waals surface area contributed by atoms with Crippen molar-refractivity contribution in [2.75, 3.05) is 29.4 Å². The lowest BCUT2D eigenvalue weighted by molar-refractivity contribution is 0.127. The Morgan fingerprint density at radius 2 is 1.79 bits per heavy atom. The van der Waals surface area contributed by atoms with Crippen molar-refractivity contribution in [2.24, 2.45) is 0 Å². The molecule has 2 aliphatic rings. The molecule has 2 aliphatic heterocycles. The lowest BCUT2D eigenvalue weighted by atomic mass is 10.0. The number of carbonyl (C=O) groups excluding carboxylic acids is 1. The van der Waals surface area contributed by atoms with Crippen molar-refractivity contribution in [1.29, 1.82) is 0 Å². The number of halogens is 1. The molecule has 180 valence electrons.